The van der Waals surface area contributed by atoms with Gasteiger partial charge in [0.15, 0.2) is 0 Å². The topological polar surface area (TPSA) is 46.6 Å². The molecule has 0 N–H and O–H groups in total. The Labute approximate surface area is 843 Å². The number of thioether (sulfide) groups is 3. The molecule has 0 amide bonds. The van der Waals surface area contributed by atoms with Crippen molar-refractivity contribution in [2.24, 2.45) is 178 Å². The molecule has 0 radical (unpaired) electrons. The van der Waals surface area contributed by atoms with E-state index in [-0.39, 0.29) is 0 Å². The van der Waals surface area contributed by atoms with Gasteiger partial charge in [-0.3, -0.25) is 14.7 Å². The maximum absolute atomic E-state index is 7.17. The van der Waals surface area contributed by atoms with E-state index in [0.29, 0.717) is 48.8 Å². The molecular formula is C126H199N3O4S3. The van der Waals surface area contributed by atoms with E-state index in [0.717, 1.165) is 263 Å². The first-order valence-electron chi connectivity index (χ1n) is 64.4. The summed E-state index contributed by atoms with van der Waals surface area (Å²) in [5, 5.41) is 5.87. The highest BCUT2D eigenvalue weighted by atomic mass is 32.2. The molecule has 0 aromatic rings. The summed E-state index contributed by atoms with van der Waals surface area (Å²) in [6, 6.07) is 8.35. The van der Waals surface area contributed by atoms with Gasteiger partial charge in [0.25, 0.3) is 0 Å². The van der Waals surface area contributed by atoms with Crippen LogP contribution in [0.1, 0.15) is 469 Å². The first-order valence-corrected chi connectivity index (χ1v) is 67.2. The van der Waals surface area contributed by atoms with Crippen LogP contribution in [0.15, 0.2) is 0 Å². The van der Waals surface area contributed by atoms with Crippen LogP contribution < -0.4 is 0 Å². The Bertz CT molecular complexity index is 3970. The third-order valence-corrected chi connectivity index (χ3v) is 58.8. The monoisotopic (exact) mass is 1910 g/mol. The van der Waals surface area contributed by atoms with Gasteiger partial charge >= 0.3 is 0 Å². The number of nitrogens with zero attached hydrogens (tertiary/aromatic N) is 3. The lowest BCUT2D eigenvalue weighted by atomic mass is 9.60. The van der Waals surface area contributed by atoms with Gasteiger partial charge in [-0.2, -0.15) is 35.3 Å². The minimum Gasteiger partial charge on any atom is -0.374 e. The molecule has 10 heterocycles. The van der Waals surface area contributed by atoms with Crippen molar-refractivity contribution in [1.29, 1.82) is 0 Å². The lowest BCUT2D eigenvalue weighted by molar-refractivity contribution is -0.0680. The molecule has 0 bridgehead atoms. The van der Waals surface area contributed by atoms with Gasteiger partial charge in [0.2, 0.25) is 0 Å². The van der Waals surface area contributed by atoms with Crippen LogP contribution in [-0.4, -0.2) is 149 Å². The van der Waals surface area contributed by atoms with Crippen LogP contribution in [0.2, 0.25) is 0 Å². The molecule has 21 saturated carbocycles. The van der Waals surface area contributed by atoms with Crippen LogP contribution in [0.4, 0.5) is 0 Å². The zero-order valence-corrected chi connectivity index (χ0v) is 88.9. The highest BCUT2D eigenvalue weighted by molar-refractivity contribution is 8.01. The van der Waals surface area contributed by atoms with Crippen molar-refractivity contribution < 1.29 is 18.9 Å². The normalized spacial score (nSPS) is 57.0. The first-order chi connectivity index (χ1) is 67.4. The fourth-order valence-electron chi connectivity index (χ4n) is 48.0. The van der Waals surface area contributed by atoms with Crippen LogP contribution in [-0.2, 0) is 18.9 Å². The predicted molar refractivity (Wildman–Crippen MR) is 561 cm³/mol. The lowest BCUT2D eigenvalue weighted by Crippen LogP contribution is -2.55. The van der Waals surface area contributed by atoms with Crippen molar-refractivity contribution in [2.45, 2.75) is 603 Å². The number of hydrogen-bond donors (Lipinski definition) is 0. The molecule has 31 aliphatic rings. The average molecular weight is 1920 g/mol. The smallest absolute Gasteiger partial charge is 0.0766 e. The van der Waals surface area contributed by atoms with Gasteiger partial charge in [0.1, 0.15) is 0 Å². The fourth-order valence-corrected chi connectivity index (χ4v) is 55.7. The third-order valence-electron chi connectivity index (χ3n) is 52.8. The summed E-state index contributed by atoms with van der Waals surface area (Å²) in [5.74, 6) is 30.4. The molecule has 7 nitrogen and oxygen atoms in total. The minimum absolute atomic E-state index is 0.574. The Kier molecular flexibility index (Phi) is 27.2. The van der Waals surface area contributed by atoms with E-state index in [9.17, 15) is 0 Å². The zero-order chi connectivity index (χ0) is 88.9. The molecule has 0 spiro atoms. The van der Waals surface area contributed by atoms with Gasteiger partial charge < -0.3 is 18.9 Å². The van der Waals surface area contributed by atoms with Crippen LogP contribution in [0.3, 0.4) is 0 Å². The number of fused-ring (bicyclic) bond motifs is 33. The summed E-state index contributed by atoms with van der Waals surface area (Å²) in [7, 11) is 0. The van der Waals surface area contributed by atoms with Crippen molar-refractivity contribution in [2.75, 3.05) is 0 Å². The van der Waals surface area contributed by atoms with Gasteiger partial charge in [0, 0.05) is 104 Å². The summed E-state index contributed by atoms with van der Waals surface area (Å²) in [6.07, 6.45) is 116. The highest BCUT2D eigenvalue weighted by Gasteiger charge is 2.68. The fraction of sp³-hybridized carbons (Fsp3) is 1.00. The number of rotatable bonds is 8. The van der Waals surface area contributed by atoms with Crippen LogP contribution in [0.5, 0.6) is 0 Å². The quantitative estimate of drug-likeness (QED) is 0.235. The summed E-state index contributed by atoms with van der Waals surface area (Å²) in [4.78, 5) is 9.77. The SMILES string of the molecule is C1CC(C2CCC(N3C4CCCCC4C4CCCCC43)CC2)CC(C2CCCC3C4CCC5OC6CCCCC6C5C4SC23)C1.C1CCC(N2C3CCCCC3C3CC(C4CCC(C5CCCC6C7CCC8OC9CCCCC9C8C7SC56)CC4)CCC32)CC1.C1CCC2C(C1)OC1C2CCCC1N1C2CCCCC2C2CC(C3CCCC4C5CCC6OC7CCCCC7C6C5SC34)CCC21. The van der Waals surface area contributed by atoms with Gasteiger partial charge in [-0.1, -0.05) is 167 Å². The van der Waals surface area contributed by atoms with Gasteiger partial charge in [-0.25, -0.2) is 0 Å². The van der Waals surface area contributed by atoms with Gasteiger partial charge in [0.05, 0.1) is 48.8 Å². The predicted octanol–water partition coefficient (Wildman–Crippen LogP) is 31.0. The Hall–Kier alpha value is 0.770. The van der Waals surface area contributed by atoms with Crippen molar-refractivity contribution in [3.05, 3.63) is 0 Å². The second kappa shape index (κ2) is 39.8. The van der Waals surface area contributed by atoms with Crippen molar-refractivity contribution in [1.82, 2.24) is 14.7 Å². The Morgan fingerprint density at radius 1 is 0.140 bits per heavy atom. The van der Waals surface area contributed by atoms with Crippen LogP contribution >= 0.6 is 35.3 Å². The van der Waals surface area contributed by atoms with Gasteiger partial charge in [-0.15, -0.1) is 0 Å². The summed E-state index contributed by atoms with van der Waals surface area (Å²) < 4.78 is 27.7. The van der Waals surface area contributed by atoms with Gasteiger partial charge in [-0.05, 0) is 462 Å². The van der Waals surface area contributed by atoms with Crippen LogP contribution in [0, 0.1) is 178 Å². The van der Waals surface area contributed by atoms with E-state index in [1.54, 1.807) is 212 Å². The first kappa shape index (κ1) is 92.9. The lowest BCUT2D eigenvalue weighted by Gasteiger charge is -2.48. The molecule has 31 rings (SSSR count). The van der Waals surface area contributed by atoms with Crippen molar-refractivity contribution >= 4 is 35.3 Å². The number of likely N-dealkylation sites (tertiary alicyclic amines) is 3. The molecule has 136 heavy (non-hydrogen) atoms. The van der Waals surface area contributed by atoms with E-state index in [2.05, 4.69) is 50.0 Å². The molecule has 31 fully saturated rings. The molecular weight excluding hydrogens is 1720 g/mol. The summed E-state index contributed by atoms with van der Waals surface area (Å²) >= 11 is 7.78. The van der Waals surface area contributed by atoms with Crippen molar-refractivity contribution in [3.8, 4) is 0 Å². The number of hydrogen-bond acceptors (Lipinski definition) is 10. The molecule has 760 valence electrons. The maximum atomic E-state index is 7.17. The molecule has 48 unspecified atom stereocenters. The highest BCUT2D eigenvalue weighted by Crippen LogP contribution is 2.71. The molecule has 10 saturated heterocycles. The molecule has 10 heteroatoms. The van der Waals surface area contributed by atoms with E-state index in [4.69, 9.17) is 18.9 Å². The van der Waals surface area contributed by atoms with E-state index in [1.165, 1.54) is 257 Å². The summed E-state index contributed by atoms with van der Waals surface area (Å²) in [5.41, 5.74) is 0. The molecule has 48 atom stereocenters. The summed E-state index contributed by atoms with van der Waals surface area (Å²) in [6.45, 7) is 0. The van der Waals surface area contributed by atoms with Crippen LogP contribution in [0.25, 0.3) is 0 Å². The molecule has 0 aromatic heterocycles. The van der Waals surface area contributed by atoms with E-state index >= 15 is 0 Å². The second-order valence-corrected chi connectivity index (χ2v) is 61.5. The third kappa shape index (κ3) is 16.4. The molecule has 10 aliphatic heterocycles. The average Bonchev–Trinajstić information content (AvgIpc) is 1.57. The molecule has 0 aromatic carbocycles. The largest absolute Gasteiger partial charge is 0.374 e. The standard InChI is InChI=1S/C42H65NO2S.2C42H67NOS/c1-4-15-33-26(9-1)32-23-24(19-21-34(32)43(33)35-16-8-13-28-27-10-2-5-17-36(27)45-40(28)35)25-12-7-14-29-30-20-22-38-39(42(30)46-41(25)29)31-11-3-6-18-37(31)44-38;1-4-16-36-31(11-1)32-12-2-5-17-37(32)43(36)29-21-19-26(20-22-29)27-9-7-10-28(25-27)30-14-8-15-33-34-23-24-39-40(42(34)45-41(30)33)35-13-3-6-18-38(35)44-39;1-2-9-29(10-3-1)43-36-15-6-4-11-31(36)35-25-28(21-23-37(35)43)26-17-19-27(20-18-26)30-13-8-14-32-33-22-24-39-40(42(33)45-41(30)32)34-12-5-7-16-38(34)44-39/h24-42H,1-23H2;2*26-42H,1-25H2. The Balaban J connectivity index is 0.0000000989. The van der Waals surface area contributed by atoms with Crippen molar-refractivity contribution in [3.63, 3.8) is 0 Å². The second-order valence-electron chi connectivity index (χ2n) is 57.4. The Morgan fingerprint density at radius 3 is 0.926 bits per heavy atom. The Morgan fingerprint density at radius 2 is 0.434 bits per heavy atom. The minimum atomic E-state index is 0.574. The molecule has 21 aliphatic carbocycles. The van der Waals surface area contributed by atoms with E-state index in [1.807, 2.05) is 0 Å². The van der Waals surface area contributed by atoms with E-state index < -0.39 is 0 Å². The number of ether oxygens (including phenoxy) is 4. The maximum Gasteiger partial charge on any atom is 0.0766 e. The zero-order valence-electron chi connectivity index (χ0n) is 86.4.